The van der Waals surface area contributed by atoms with Gasteiger partial charge in [0.2, 0.25) is 5.91 Å². The normalized spacial score (nSPS) is 18.9. The first kappa shape index (κ1) is 28.5. The minimum atomic E-state index is 0.0499. The summed E-state index contributed by atoms with van der Waals surface area (Å²) in [6.45, 7) is 12.9. The number of amides is 1. The van der Waals surface area contributed by atoms with E-state index in [-0.39, 0.29) is 11.3 Å². The molecule has 1 fully saturated rings. The molecule has 1 unspecified atom stereocenters. The minimum Gasteiger partial charge on any atom is -0.391 e. The number of hydrogen-bond acceptors (Lipinski definition) is 3. The molecule has 4 heteroatoms. The number of allylic oxidation sites excluding steroid dienone is 2. The Kier molecular flexibility index (Phi) is 11.6. The van der Waals surface area contributed by atoms with E-state index in [4.69, 9.17) is 0 Å². The van der Waals surface area contributed by atoms with Gasteiger partial charge >= 0.3 is 0 Å². The van der Waals surface area contributed by atoms with Gasteiger partial charge in [-0.1, -0.05) is 50.6 Å². The second-order valence-corrected chi connectivity index (χ2v) is 10.9. The number of benzene rings is 1. The van der Waals surface area contributed by atoms with E-state index in [1.807, 2.05) is 0 Å². The van der Waals surface area contributed by atoms with Crippen molar-refractivity contribution in [3.8, 4) is 0 Å². The van der Waals surface area contributed by atoms with Gasteiger partial charge in [0, 0.05) is 18.7 Å². The molecule has 0 aromatic heterocycles. The molecule has 1 aliphatic carbocycles. The van der Waals surface area contributed by atoms with E-state index in [2.05, 4.69) is 74.1 Å². The number of aryl methyl sites for hydroxylation is 1. The first-order chi connectivity index (χ1) is 17.5. The second kappa shape index (κ2) is 14.6. The number of rotatable bonds is 13. The lowest BCUT2D eigenvalue weighted by Crippen LogP contribution is -2.36. The molecule has 36 heavy (non-hydrogen) atoms. The van der Waals surface area contributed by atoms with Gasteiger partial charge in [0.15, 0.2) is 0 Å². The Morgan fingerprint density at radius 3 is 2.53 bits per heavy atom. The quantitative estimate of drug-likeness (QED) is 0.269. The summed E-state index contributed by atoms with van der Waals surface area (Å²) < 4.78 is 0. The molecule has 0 saturated carbocycles. The van der Waals surface area contributed by atoms with Crippen LogP contribution in [0.5, 0.6) is 0 Å². The predicted molar refractivity (Wildman–Crippen MR) is 153 cm³/mol. The van der Waals surface area contributed by atoms with Crippen LogP contribution >= 0.6 is 0 Å². The molecule has 1 aromatic carbocycles. The van der Waals surface area contributed by atoms with Crippen LogP contribution in [-0.2, 0) is 16.6 Å². The van der Waals surface area contributed by atoms with E-state index in [0.29, 0.717) is 5.92 Å². The van der Waals surface area contributed by atoms with Gasteiger partial charge in [-0.25, -0.2) is 0 Å². The molecule has 0 radical (unpaired) electrons. The number of carbonyl (C=O) groups is 1. The zero-order valence-corrected chi connectivity index (χ0v) is 23.5. The maximum Gasteiger partial charge on any atom is 0.247 e. The molecule has 1 amide bonds. The van der Waals surface area contributed by atoms with Gasteiger partial charge in [0.25, 0.3) is 0 Å². The van der Waals surface area contributed by atoms with E-state index in [1.165, 1.54) is 41.5 Å². The lowest BCUT2D eigenvalue weighted by molar-refractivity contribution is -0.117. The highest BCUT2D eigenvalue weighted by Crippen LogP contribution is 2.39. The average molecular weight is 494 g/mol. The Labute approximate surface area is 220 Å². The highest BCUT2D eigenvalue weighted by molar-refractivity contribution is 5.94. The van der Waals surface area contributed by atoms with Crippen molar-refractivity contribution in [2.75, 3.05) is 26.2 Å². The van der Waals surface area contributed by atoms with Gasteiger partial charge in [-0.2, -0.15) is 0 Å². The summed E-state index contributed by atoms with van der Waals surface area (Å²) in [7, 11) is 0. The fourth-order valence-electron chi connectivity index (χ4n) is 6.25. The van der Waals surface area contributed by atoms with Crippen LogP contribution in [0.3, 0.4) is 0 Å². The predicted octanol–water partition coefficient (Wildman–Crippen LogP) is 6.66. The van der Waals surface area contributed by atoms with Crippen molar-refractivity contribution < 1.29 is 4.79 Å². The fourth-order valence-corrected chi connectivity index (χ4v) is 6.25. The smallest absolute Gasteiger partial charge is 0.247 e. The highest BCUT2D eigenvalue weighted by atomic mass is 16.1. The maximum atomic E-state index is 13.0. The molecule has 3 N–H and O–H groups in total. The minimum absolute atomic E-state index is 0.0499. The van der Waals surface area contributed by atoms with E-state index in [0.717, 1.165) is 83.1 Å². The highest BCUT2D eigenvalue weighted by Gasteiger charge is 2.32. The fraction of sp³-hybridized carbons (Fsp3) is 0.656. The summed E-state index contributed by atoms with van der Waals surface area (Å²) >= 11 is 0. The van der Waals surface area contributed by atoms with E-state index < -0.39 is 0 Å². The Balaban J connectivity index is 1.80. The van der Waals surface area contributed by atoms with Crippen molar-refractivity contribution in [3.63, 3.8) is 0 Å². The van der Waals surface area contributed by atoms with Crippen molar-refractivity contribution >= 4 is 5.91 Å². The van der Waals surface area contributed by atoms with Crippen LogP contribution in [0.2, 0.25) is 0 Å². The molecule has 2 aliphatic rings. The van der Waals surface area contributed by atoms with Crippen molar-refractivity contribution in [1.29, 1.82) is 0 Å². The van der Waals surface area contributed by atoms with Crippen LogP contribution in [0, 0.1) is 0 Å². The molecular weight excluding hydrogens is 442 g/mol. The molecule has 3 rings (SSSR count). The molecule has 1 aliphatic heterocycles. The van der Waals surface area contributed by atoms with E-state index >= 15 is 0 Å². The number of piperidine rings is 1. The van der Waals surface area contributed by atoms with Crippen molar-refractivity contribution in [2.24, 2.45) is 0 Å². The van der Waals surface area contributed by atoms with Crippen LogP contribution in [0.15, 0.2) is 41.6 Å². The maximum absolute atomic E-state index is 13.0. The van der Waals surface area contributed by atoms with Crippen LogP contribution in [0.1, 0.15) is 115 Å². The summed E-state index contributed by atoms with van der Waals surface area (Å²) in [5, 5.41) is 10.3. The van der Waals surface area contributed by atoms with Crippen molar-refractivity contribution in [3.05, 3.63) is 58.3 Å². The summed E-state index contributed by atoms with van der Waals surface area (Å²) in [5.41, 5.74) is 6.88. The Bertz CT molecular complexity index is 897. The molecule has 4 nitrogen and oxygen atoms in total. The van der Waals surface area contributed by atoms with Crippen LogP contribution < -0.4 is 16.0 Å². The molecular formula is C32H51N3O. The van der Waals surface area contributed by atoms with Gasteiger partial charge in [0.1, 0.15) is 0 Å². The van der Waals surface area contributed by atoms with Gasteiger partial charge in [-0.15, -0.1) is 0 Å². The van der Waals surface area contributed by atoms with Gasteiger partial charge in [0.05, 0.1) is 0 Å². The standard InChI is InChI=1S/C32H51N3O/c1-5-8-19-33-22-17-32(7-3,18-23-35-31(36)29-12-10-9-11-25(29)4)30-14-13-28(24-26(30)6-2)27-15-20-34-21-16-27/h8,13-14,19,24,27,33-34H,5-7,9-12,15-18,20-23H2,1-4H3,(H,35,36)/b19-8-. The zero-order chi connectivity index (χ0) is 25.8. The summed E-state index contributed by atoms with van der Waals surface area (Å²) in [6.07, 6.45) is 16.3. The third-order valence-corrected chi connectivity index (χ3v) is 8.70. The SMILES string of the molecule is CC/C=C\NCCC(CC)(CCNC(=O)C1=C(C)CCCC1)c1ccc(C2CCNCC2)cc1CC. The van der Waals surface area contributed by atoms with Crippen molar-refractivity contribution in [1.82, 2.24) is 16.0 Å². The van der Waals surface area contributed by atoms with Gasteiger partial charge in [-0.3, -0.25) is 4.79 Å². The third-order valence-electron chi connectivity index (χ3n) is 8.70. The molecule has 1 saturated heterocycles. The molecule has 0 spiro atoms. The van der Waals surface area contributed by atoms with Crippen molar-refractivity contribution in [2.45, 2.75) is 110 Å². The molecule has 1 atom stereocenters. The average Bonchev–Trinajstić information content (AvgIpc) is 2.92. The van der Waals surface area contributed by atoms with E-state index in [9.17, 15) is 4.79 Å². The lowest BCUT2D eigenvalue weighted by Gasteiger charge is -2.36. The van der Waals surface area contributed by atoms with Gasteiger partial charge in [-0.05, 0) is 125 Å². The van der Waals surface area contributed by atoms with Crippen LogP contribution in [0.25, 0.3) is 0 Å². The van der Waals surface area contributed by atoms with Crippen LogP contribution in [-0.4, -0.2) is 32.1 Å². The lowest BCUT2D eigenvalue weighted by atomic mass is 9.70. The largest absolute Gasteiger partial charge is 0.391 e. The topological polar surface area (TPSA) is 53.2 Å². The molecule has 1 aromatic rings. The number of carbonyl (C=O) groups excluding carboxylic acids is 1. The van der Waals surface area contributed by atoms with Crippen LogP contribution in [0.4, 0.5) is 0 Å². The summed E-state index contributed by atoms with van der Waals surface area (Å²) in [5.74, 6) is 0.840. The third kappa shape index (κ3) is 7.47. The molecule has 200 valence electrons. The summed E-state index contributed by atoms with van der Waals surface area (Å²) in [6, 6.07) is 7.36. The molecule has 0 bridgehead atoms. The second-order valence-electron chi connectivity index (χ2n) is 10.9. The molecule has 1 heterocycles. The zero-order valence-electron chi connectivity index (χ0n) is 23.5. The monoisotopic (exact) mass is 493 g/mol. The summed E-state index contributed by atoms with van der Waals surface area (Å²) in [4.78, 5) is 13.0. The number of nitrogens with one attached hydrogen (secondary N) is 3. The Morgan fingerprint density at radius 1 is 1.08 bits per heavy atom. The number of hydrogen-bond donors (Lipinski definition) is 3. The van der Waals surface area contributed by atoms with E-state index in [1.54, 1.807) is 0 Å². The first-order valence-corrected chi connectivity index (χ1v) is 14.7. The Hall–Kier alpha value is -2.07. The Morgan fingerprint density at radius 2 is 1.83 bits per heavy atom. The van der Waals surface area contributed by atoms with Gasteiger partial charge < -0.3 is 16.0 Å². The first-order valence-electron chi connectivity index (χ1n) is 14.7.